The maximum atomic E-state index is 12.2. The Balaban J connectivity index is 1.87. The molecule has 0 unspecified atom stereocenters. The van der Waals surface area contributed by atoms with Crippen molar-refractivity contribution in [1.82, 2.24) is 9.78 Å². The molecular formula is C19H28N2O5. The summed E-state index contributed by atoms with van der Waals surface area (Å²) in [4.78, 5) is 35.0. The van der Waals surface area contributed by atoms with Gasteiger partial charge in [-0.3, -0.25) is 19.1 Å². The molecule has 0 aliphatic heterocycles. The molecule has 1 aliphatic carbocycles. The minimum Gasteiger partial charge on any atom is -0.469 e. The van der Waals surface area contributed by atoms with Crippen molar-refractivity contribution in [3.63, 3.8) is 0 Å². The quantitative estimate of drug-likeness (QED) is 0.520. The Labute approximate surface area is 154 Å². The van der Waals surface area contributed by atoms with Gasteiger partial charge in [-0.25, -0.2) is 0 Å². The van der Waals surface area contributed by atoms with Crippen molar-refractivity contribution in [1.29, 1.82) is 0 Å². The second kappa shape index (κ2) is 9.50. The third-order valence-electron chi connectivity index (χ3n) is 5.00. The molecular weight excluding hydrogens is 336 g/mol. The molecule has 0 aromatic carbocycles. The van der Waals surface area contributed by atoms with Gasteiger partial charge in [0, 0.05) is 12.1 Å². The Hall–Kier alpha value is -2.18. The van der Waals surface area contributed by atoms with Gasteiger partial charge in [0.15, 0.2) is 0 Å². The highest BCUT2D eigenvalue weighted by atomic mass is 16.5. The number of carbonyl (C=O) groups is 3. The van der Waals surface area contributed by atoms with Crippen molar-refractivity contribution < 1.29 is 23.9 Å². The summed E-state index contributed by atoms with van der Waals surface area (Å²) in [7, 11) is 1.38. The van der Waals surface area contributed by atoms with Crippen LogP contribution in [0.25, 0.3) is 0 Å². The van der Waals surface area contributed by atoms with Crippen molar-refractivity contribution >= 4 is 17.7 Å². The number of esters is 2. The Morgan fingerprint density at radius 1 is 1.19 bits per heavy atom. The second-order valence-corrected chi connectivity index (χ2v) is 6.76. The van der Waals surface area contributed by atoms with Crippen molar-refractivity contribution in [2.24, 2.45) is 5.92 Å². The van der Waals surface area contributed by atoms with Crippen LogP contribution in [0, 0.1) is 12.8 Å². The van der Waals surface area contributed by atoms with E-state index < -0.39 is 5.97 Å². The number of carbonyl (C=O) groups excluding carboxylic acids is 3. The lowest BCUT2D eigenvalue weighted by Gasteiger charge is -2.27. The van der Waals surface area contributed by atoms with Crippen LogP contribution in [-0.2, 0) is 30.4 Å². The number of ether oxygens (including phenoxy) is 2. The van der Waals surface area contributed by atoms with Crippen molar-refractivity contribution in [2.45, 2.75) is 64.8 Å². The molecule has 1 heterocycles. The third-order valence-corrected chi connectivity index (χ3v) is 5.00. The van der Waals surface area contributed by atoms with E-state index in [-0.39, 0.29) is 24.1 Å². The van der Waals surface area contributed by atoms with Gasteiger partial charge in [0.05, 0.1) is 32.4 Å². The molecule has 1 fully saturated rings. The van der Waals surface area contributed by atoms with Crippen LogP contribution in [0.1, 0.15) is 62.6 Å². The molecule has 1 aromatic heterocycles. The molecule has 0 atom stereocenters. The Morgan fingerprint density at radius 2 is 1.88 bits per heavy atom. The highest BCUT2D eigenvalue weighted by Gasteiger charge is 2.29. The van der Waals surface area contributed by atoms with Crippen molar-refractivity contribution in [2.75, 3.05) is 13.7 Å². The fourth-order valence-electron chi connectivity index (χ4n) is 3.58. The van der Waals surface area contributed by atoms with Crippen LogP contribution < -0.4 is 0 Å². The topological polar surface area (TPSA) is 87.5 Å². The molecule has 0 saturated heterocycles. The smallest absolute Gasteiger partial charge is 0.313 e. The van der Waals surface area contributed by atoms with Crippen LogP contribution in [0.15, 0.2) is 6.20 Å². The zero-order valence-electron chi connectivity index (χ0n) is 15.8. The van der Waals surface area contributed by atoms with Crippen molar-refractivity contribution in [3.05, 3.63) is 17.5 Å². The lowest BCUT2D eigenvalue weighted by Crippen LogP contribution is -2.24. The summed E-state index contributed by atoms with van der Waals surface area (Å²) in [5.41, 5.74) is 2.15. The highest BCUT2D eigenvalue weighted by Crippen LogP contribution is 2.37. The molecule has 0 spiro atoms. The number of aryl methyl sites for hydroxylation is 2. The number of hydrogen-bond donors (Lipinski definition) is 0. The summed E-state index contributed by atoms with van der Waals surface area (Å²) in [6.07, 6.45) is 5.57. The lowest BCUT2D eigenvalue weighted by atomic mass is 9.77. The largest absolute Gasteiger partial charge is 0.469 e. The first-order valence-electron chi connectivity index (χ1n) is 9.23. The highest BCUT2D eigenvalue weighted by molar-refractivity contribution is 5.96. The van der Waals surface area contributed by atoms with E-state index >= 15 is 0 Å². The fourth-order valence-corrected chi connectivity index (χ4v) is 3.58. The first-order valence-corrected chi connectivity index (χ1v) is 9.23. The van der Waals surface area contributed by atoms with Crippen LogP contribution in [0.2, 0.25) is 0 Å². The number of aromatic nitrogens is 2. The van der Waals surface area contributed by atoms with E-state index in [0.29, 0.717) is 25.5 Å². The van der Waals surface area contributed by atoms with Gasteiger partial charge in [-0.05, 0) is 51.0 Å². The maximum absolute atomic E-state index is 12.2. The maximum Gasteiger partial charge on any atom is 0.313 e. The van der Waals surface area contributed by atoms with E-state index in [1.54, 1.807) is 11.6 Å². The number of rotatable bonds is 8. The zero-order chi connectivity index (χ0) is 19.1. The molecule has 26 heavy (non-hydrogen) atoms. The van der Waals surface area contributed by atoms with Gasteiger partial charge in [-0.15, -0.1) is 0 Å². The summed E-state index contributed by atoms with van der Waals surface area (Å²) in [5.74, 6) is -0.367. The van der Waals surface area contributed by atoms with E-state index in [4.69, 9.17) is 4.74 Å². The predicted molar refractivity (Wildman–Crippen MR) is 94.6 cm³/mol. The first-order chi connectivity index (χ1) is 12.4. The average molecular weight is 364 g/mol. The number of hydrogen-bond acceptors (Lipinski definition) is 6. The zero-order valence-corrected chi connectivity index (χ0v) is 15.8. The van der Waals surface area contributed by atoms with E-state index in [1.807, 2.05) is 13.1 Å². The van der Waals surface area contributed by atoms with Crippen LogP contribution in [0.3, 0.4) is 0 Å². The second-order valence-electron chi connectivity index (χ2n) is 6.76. The van der Waals surface area contributed by atoms with Gasteiger partial charge in [0.25, 0.3) is 0 Å². The Bertz CT molecular complexity index is 644. The van der Waals surface area contributed by atoms with Crippen LogP contribution in [0.5, 0.6) is 0 Å². The minimum atomic E-state index is -0.428. The SMILES string of the molecule is CCOC(=O)CC(=O)C1CCC(c2cn(CCC(=O)OC)nc2C)CC1. The molecule has 7 heteroatoms. The van der Waals surface area contributed by atoms with Gasteiger partial charge < -0.3 is 9.47 Å². The number of methoxy groups -OCH3 is 1. The monoisotopic (exact) mass is 364 g/mol. The molecule has 0 amide bonds. The van der Waals surface area contributed by atoms with Crippen LogP contribution >= 0.6 is 0 Å². The van der Waals surface area contributed by atoms with Gasteiger partial charge in [0.1, 0.15) is 12.2 Å². The summed E-state index contributed by atoms with van der Waals surface area (Å²) in [6, 6.07) is 0. The summed E-state index contributed by atoms with van der Waals surface area (Å²) in [5, 5.41) is 4.49. The van der Waals surface area contributed by atoms with E-state index in [1.165, 1.54) is 12.7 Å². The van der Waals surface area contributed by atoms with Gasteiger partial charge in [-0.2, -0.15) is 5.10 Å². The van der Waals surface area contributed by atoms with E-state index in [0.717, 1.165) is 31.4 Å². The van der Waals surface area contributed by atoms with Gasteiger partial charge in [0.2, 0.25) is 0 Å². The minimum absolute atomic E-state index is 0.00704. The number of ketones is 1. The molecule has 7 nitrogen and oxygen atoms in total. The van der Waals surface area contributed by atoms with Crippen molar-refractivity contribution in [3.8, 4) is 0 Å². The third kappa shape index (κ3) is 5.41. The average Bonchev–Trinajstić information content (AvgIpc) is 3.00. The van der Waals surface area contributed by atoms with Gasteiger partial charge in [-0.1, -0.05) is 0 Å². The first kappa shape index (κ1) is 20.1. The number of nitrogens with zero attached hydrogens (tertiary/aromatic N) is 2. The van der Waals surface area contributed by atoms with E-state index in [2.05, 4.69) is 9.84 Å². The summed E-state index contributed by atoms with van der Waals surface area (Å²) < 4.78 is 11.3. The predicted octanol–water partition coefficient (Wildman–Crippen LogP) is 2.55. The molecule has 2 rings (SSSR count). The Kier molecular flexibility index (Phi) is 7.36. The fraction of sp³-hybridized carbons (Fsp3) is 0.684. The van der Waals surface area contributed by atoms with Crippen LogP contribution in [-0.4, -0.2) is 41.2 Å². The normalized spacial score (nSPS) is 19.8. The molecule has 1 saturated carbocycles. The molecule has 0 bridgehead atoms. The molecule has 0 N–H and O–H groups in total. The Morgan fingerprint density at radius 3 is 2.50 bits per heavy atom. The van der Waals surface area contributed by atoms with Gasteiger partial charge >= 0.3 is 11.9 Å². The lowest BCUT2D eigenvalue weighted by molar-refractivity contribution is -0.146. The van der Waals surface area contributed by atoms with Crippen LogP contribution in [0.4, 0.5) is 0 Å². The molecule has 0 radical (unpaired) electrons. The summed E-state index contributed by atoms with van der Waals surface area (Å²) in [6.45, 7) is 4.52. The number of Topliss-reactive ketones (excluding diaryl/α,β-unsaturated/α-hetero) is 1. The summed E-state index contributed by atoms with van der Waals surface area (Å²) >= 11 is 0. The standard InChI is InChI=1S/C19H28N2O5/c1-4-26-19(24)11-17(22)15-7-5-14(6-8-15)16-12-21(20-13(16)2)10-9-18(23)25-3/h12,14-15H,4-11H2,1-3H3. The molecule has 1 aromatic rings. The molecule has 144 valence electrons. The molecule has 1 aliphatic rings. The van der Waals surface area contributed by atoms with E-state index in [9.17, 15) is 14.4 Å².